The Morgan fingerprint density at radius 1 is 1.04 bits per heavy atom. The summed E-state index contributed by atoms with van der Waals surface area (Å²) in [5.74, 6) is -0.253. The van der Waals surface area contributed by atoms with Gasteiger partial charge in [0.2, 0.25) is 5.13 Å². The van der Waals surface area contributed by atoms with Gasteiger partial charge in [-0.2, -0.15) is 5.10 Å². The van der Waals surface area contributed by atoms with Gasteiger partial charge in [-0.05, 0) is 35.9 Å². The SMILES string of the molecule is Fc1ccc(-c2csc(NN=CC=Cc3ccccc3)n2)cc1. The first kappa shape index (κ1) is 15.1. The van der Waals surface area contributed by atoms with E-state index >= 15 is 0 Å². The van der Waals surface area contributed by atoms with Crippen LogP contribution in [0.3, 0.4) is 0 Å². The second-order valence-corrected chi connectivity index (χ2v) is 5.56. The molecule has 1 heterocycles. The summed E-state index contributed by atoms with van der Waals surface area (Å²) in [6.45, 7) is 0. The van der Waals surface area contributed by atoms with Gasteiger partial charge in [0.1, 0.15) is 5.82 Å². The maximum atomic E-state index is 12.9. The molecular formula is C18H14FN3S. The molecule has 0 bridgehead atoms. The van der Waals surface area contributed by atoms with Crippen LogP contribution in [0.4, 0.5) is 9.52 Å². The molecule has 0 aliphatic rings. The van der Waals surface area contributed by atoms with Crippen molar-refractivity contribution in [1.29, 1.82) is 0 Å². The molecule has 3 nitrogen and oxygen atoms in total. The van der Waals surface area contributed by atoms with E-state index in [2.05, 4.69) is 15.5 Å². The van der Waals surface area contributed by atoms with Crippen molar-refractivity contribution >= 4 is 28.8 Å². The van der Waals surface area contributed by atoms with E-state index in [9.17, 15) is 4.39 Å². The van der Waals surface area contributed by atoms with E-state index in [4.69, 9.17) is 0 Å². The van der Waals surface area contributed by atoms with Crippen LogP contribution < -0.4 is 5.43 Å². The fraction of sp³-hybridized carbons (Fsp3) is 0. The minimum Gasteiger partial charge on any atom is -0.253 e. The summed E-state index contributed by atoms with van der Waals surface area (Å²) in [7, 11) is 0. The lowest BCUT2D eigenvalue weighted by Gasteiger charge is -1.95. The van der Waals surface area contributed by atoms with Crippen LogP contribution in [-0.4, -0.2) is 11.2 Å². The van der Waals surface area contributed by atoms with Crippen LogP contribution in [0, 0.1) is 5.82 Å². The molecule has 0 saturated heterocycles. The van der Waals surface area contributed by atoms with Crippen LogP contribution in [0.25, 0.3) is 17.3 Å². The van der Waals surface area contributed by atoms with Crippen molar-refractivity contribution in [3.05, 3.63) is 77.4 Å². The Balaban J connectivity index is 1.58. The van der Waals surface area contributed by atoms with Crippen molar-refractivity contribution < 1.29 is 4.39 Å². The lowest BCUT2D eigenvalue weighted by atomic mass is 10.2. The molecule has 0 atom stereocenters. The first-order valence-electron chi connectivity index (χ1n) is 7.03. The molecule has 1 N–H and O–H groups in total. The highest BCUT2D eigenvalue weighted by Gasteiger charge is 2.03. The Bertz CT molecular complexity index is 808. The molecule has 0 spiro atoms. The van der Waals surface area contributed by atoms with Crippen molar-refractivity contribution in [1.82, 2.24) is 4.98 Å². The fourth-order valence-corrected chi connectivity index (χ4v) is 2.60. The molecule has 3 rings (SSSR count). The monoisotopic (exact) mass is 323 g/mol. The number of hydrogen-bond donors (Lipinski definition) is 1. The fourth-order valence-electron chi connectivity index (χ4n) is 1.93. The highest BCUT2D eigenvalue weighted by atomic mass is 32.1. The van der Waals surface area contributed by atoms with Crippen molar-refractivity contribution in [2.45, 2.75) is 0 Å². The van der Waals surface area contributed by atoms with Crippen molar-refractivity contribution in [2.75, 3.05) is 5.43 Å². The third-order valence-corrected chi connectivity index (χ3v) is 3.80. The van der Waals surface area contributed by atoms with Gasteiger partial charge in [0.05, 0.1) is 5.69 Å². The van der Waals surface area contributed by atoms with Gasteiger partial charge in [0, 0.05) is 17.2 Å². The Kier molecular flexibility index (Phi) is 4.91. The van der Waals surface area contributed by atoms with Gasteiger partial charge in [0.25, 0.3) is 0 Å². The zero-order valence-electron chi connectivity index (χ0n) is 12.2. The largest absolute Gasteiger partial charge is 0.253 e. The van der Waals surface area contributed by atoms with E-state index in [1.165, 1.54) is 23.5 Å². The number of hydrazone groups is 1. The van der Waals surface area contributed by atoms with Crippen LogP contribution in [0.15, 0.2) is 71.2 Å². The molecular weight excluding hydrogens is 309 g/mol. The molecule has 0 saturated carbocycles. The average Bonchev–Trinajstić information content (AvgIpc) is 3.05. The molecule has 0 unspecified atom stereocenters. The Morgan fingerprint density at radius 3 is 2.61 bits per heavy atom. The quantitative estimate of drug-likeness (QED) is 0.526. The van der Waals surface area contributed by atoms with E-state index in [-0.39, 0.29) is 5.82 Å². The molecule has 0 amide bonds. The van der Waals surface area contributed by atoms with Crippen LogP contribution in [0.5, 0.6) is 0 Å². The number of benzene rings is 2. The zero-order valence-corrected chi connectivity index (χ0v) is 13.0. The van der Waals surface area contributed by atoms with Gasteiger partial charge in [-0.25, -0.2) is 9.37 Å². The Morgan fingerprint density at radius 2 is 1.83 bits per heavy atom. The van der Waals surface area contributed by atoms with Gasteiger partial charge in [0.15, 0.2) is 0 Å². The van der Waals surface area contributed by atoms with Gasteiger partial charge in [-0.3, -0.25) is 5.43 Å². The highest BCUT2D eigenvalue weighted by Crippen LogP contribution is 2.24. The van der Waals surface area contributed by atoms with E-state index in [1.54, 1.807) is 18.3 Å². The second kappa shape index (κ2) is 7.47. The normalized spacial score (nSPS) is 11.3. The molecule has 5 heteroatoms. The molecule has 0 radical (unpaired) electrons. The summed E-state index contributed by atoms with van der Waals surface area (Å²) in [5.41, 5.74) is 5.68. The maximum absolute atomic E-state index is 12.9. The standard InChI is InChI=1S/C18H14FN3S/c19-16-10-8-15(9-11-16)17-13-23-18(21-17)22-20-12-4-7-14-5-2-1-3-6-14/h1-13H,(H,21,22). The van der Waals surface area contributed by atoms with Crippen LogP contribution in [0.1, 0.15) is 5.56 Å². The van der Waals surface area contributed by atoms with Crippen molar-refractivity contribution in [3.8, 4) is 11.3 Å². The van der Waals surface area contributed by atoms with E-state index in [0.29, 0.717) is 5.13 Å². The topological polar surface area (TPSA) is 37.3 Å². The second-order valence-electron chi connectivity index (χ2n) is 4.70. The first-order chi connectivity index (χ1) is 11.3. The number of nitrogens with one attached hydrogen (secondary N) is 1. The Hall–Kier alpha value is -2.79. The number of thiazole rings is 1. The molecule has 0 aliphatic heterocycles. The Labute approximate surface area is 137 Å². The van der Waals surface area contributed by atoms with Crippen LogP contribution >= 0.6 is 11.3 Å². The predicted octanol–water partition coefficient (Wildman–Crippen LogP) is 5.06. The number of rotatable bonds is 5. The third-order valence-electron chi connectivity index (χ3n) is 3.05. The third kappa shape index (κ3) is 4.34. The van der Waals surface area contributed by atoms with Gasteiger partial charge < -0.3 is 0 Å². The summed E-state index contributed by atoms with van der Waals surface area (Å²) in [6.07, 6.45) is 5.50. The van der Waals surface area contributed by atoms with Gasteiger partial charge >= 0.3 is 0 Å². The number of nitrogens with zero attached hydrogens (tertiary/aromatic N) is 2. The molecule has 1 aromatic heterocycles. The van der Waals surface area contributed by atoms with Crippen LogP contribution in [-0.2, 0) is 0 Å². The molecule has 2 aromatic carbocycles. The summed E-state index contributed by atoms with van der Waals surface area (Å²) in [4.78, 5) is 4.41. The highest BCUT2D eigenvalue weighted by molar-refractivity contribution is 7.14. The number of allylic oxidation sites excluding steroid dienone is 1. The first-order valence-corrected chi connectivity index (χ1v) is 7.91. The van der Waals surface area contributed by atoms with Gasteiger partial charge in [-0.15, -0.1) is 11.3 Å². The summed E-state index contributed by atoms with van der Waals surface area (Å²) < 4.78 is 12.9. The minimum absolute atomic E-state index is 0.253. The summed E-state index contributed by atoms with van der Waals surface area (Å²) in [6, 6.07) is 16.3. The molecule has 0 fully saturated rings. The summed E-state index contributed by atoms with van der Waals surface area (Å²) in [5, 5.41) is 6.70. The molecule has 3 aromatic rings. The minimum atomic E-state index is -0.253. The lowest BCUT2D eigenvalue weighted by Crippen LogP contribution is -1.87. The van der Waals surface area contributed by atoms with Crippen molar-refractivity contribution in [2.24, 2.45) is 5.10 Å². The smallest absolute Gasteiger partial charge is 0.203 e. The zero-order chi connectivity index (χ0) is 15.9. The maximum Gasteiger partial charge on any atom is 0.203 e. The average molecular weight is 323 g/mol. The number of halogens is 1. The van der Waals surface area contributed by atoms with E-state index in [1.807, 2.05) is 47.9 Å². The molecule has 114 valence electrons. The lowest BCUT2D eigenvalue weighted by molar-refractivity contribution is 0.628. The molecule has 23 heavy (non-hydrogen) atoms. The van der Waals surface area contributed by atoms with Gasteiger partial charge in [-0.1, -0.05) is 36.4 Å². The molecule has 0 aliphatic carbocycles. The predicted molar refractivity (Wildman–Crippen MR) is 95.1 cm³/mol. The van der Waals surface area contributed by atoms with E-state index in [0.717, 1.165) is 16.8 Å². The number of aromatic nitrogens is 1. The van der Waals surface area contributed by atoms with Crippen LogP contribution in [0.2, 0.25) is 0 Å². The number of anilines is 1. The van der Waals surface area contributed by atoms with E-state index < -0.39 is 0 Å². The number of hydrogen-bond acceptors (Lipinski definition) is 4. The summed E-state index contributed by atoms with van der Waals surface area (Å²) >= 11 is 1.45. The van der Waals surface area contributed by atoms with Crippen molar-refractivity contribution in [3.63, 3.8) is 0 Å².